The zero-order valence-corrected chi connectivity index (χ0v) is 20.2. The Morgan fingerprint density at radius 3 is 2.62 bits per heavy atom. The minimum Gasteiger partial charge on any atom is -0.464 e. The van der Waals surface area contributed by atoms with Crippen molar-refractivity contribution in [1.29, 1.82) is 0 Å². The lowest BCUT2D eigenvalue weighted by atomic mass is 9.95. The molecule has 10 heteroatoms. The SMILES string of the molecule is CC(Sc1nnc(-c2ccco2)n1C1CCCCC1)c1nc2scc(-c3ccco3)c2c(=O)[nH]1. The number of thiophene rings is 1. The quantitative estimate of drug-likeness (QED) is 0.271. The maximum absolute atomic E-state index is 13.0. The Balaban J connectivity index is 1.34. The Bertz CT molecular complexity index is 1460. The van der Waals surface area contributed by atoms with Gasteiger partial charge in [0.1, 0.15) is 16.4 Å². The number of rotatable bonds is 6. The van der Waals surface area contributed by atoms with Crippen LogP contribution in [0.2, 0.25) is 0 Å². The molecule has 0 amide bonds. The number of hydrogen-bond acceptors (Lipinski definition) is 8. The Morgan fingerprint density at radius 2 is 1.88 bits per heavy atom. The van der Waals surface area contributed by atoms with Gasteiger partial charge in [0.2, 0.25) is 5.82 Å². The number of aromatic nitrogens is 5. The molecule has 5 aromatic rings. The predicted octanol–water partition coefficient (Wildman–Crippen LogP) is 6.45. The first-order chi connectivity index (χ1) is 16.7. The zero-order chi connectivity index (χ0) is 23.1. The van der Waals surface area contributed by atoms with Crippen molar-refractivity contribution in [2.45, 2.75) is 55.5 Å². The first-order valence-electron chi connectivity index (χ1n) is 11.4. The van der Waals surface area contributed by atoms with Crippen molar-refractivity contribution in [1.82, 2.24) is 24.7 Å². The average Bonchev–Trinajstić information content (AvgIpc) is 3.66. The smallest absolute Gasteiger partial charge is 0.260 e. The van der Waals surface area contributed by atoms with Gasteiger partial charge in [-0.25, -0.2) is 4.98 Å². The molecule has 1 aliphatic carbocycles. The Morgan fingerprint density at radius 1 is 1.12 bits per heavy atom. The van der Waals surface area contributed by atoms with Gasteiger partial charge in [-0.05, 0) is 44.0 Å². The fourth-order valence-electron chi connectivity index (χ4n) is 4.58. The number of H-pyrrole nitrogens is 1. The van der Waals surface area contributed by atoms with E-state index in [2.05, 4.69) is 19.7 Å². The van der Waals surface area contributed by atoms with Gasteiger partial charge < -0.3 is 13.8 Å². The fraction of sp³-hybridized carbons (Fsp3) is 0.333. The predicted molar refractivity (Wildman–Crippen MR) is 132 cm³/mol. The van der Waals surface area contributed by atoms with Crippen molar-refractivity contribution < 1.29 is 8.83 Å². The second-order valence-electron chi connectivity index (χ2n) is 8.46. The van der Waals surface area contributed by atoms with Gasteiger partial charge in [-0.15, -0.1) is 21.5 Å². The van der Waals surface area contributed by atoms with E-state index < -0.39 is 0 Å². The molecule has 0 saturated heterocycles. The summed E-state index contributed by atoms with van der Waals surface area (Å²) in [6, 6.07) is 7.78. The van der Waals surface area contributed by atoms with Gasteiger partial charge in [0.15, 0.2) is 10.9 Å². The lowest BCUT2D eigenvalue weighted by Gasteiger charge is -2.25. The molecule has 34 heavy (non-hydrogen) atoms. The number of hydrogen-bond donors (Lipinski definition) is 1. The molecule has 1 aliphatic rings. The largest absolute Gasteiger partial charge is 0.464 e. The van der Waals surface area contributed by atoms with Crippen LogP contribution in [0.15, 0.2) is 61.0 Å². The second-order valence-corrected chi connectivity index (χ2v) is 10.6. The van der Waals surface area contributed by atoms with Crippen LogP contribution in [0.5, 0.6) is 0 Å². The molecule has 0 bridgehead atoms. The molecular weight excluding hydrogens is 470 g/mol. The van der Waals surface area contributed by atoms with Gasteiger partial charge in [0, 0.05) is 17.0 Å². The van der Waals surface area contributed by atoms with Crippen molar-refractivity contribution in [3.05, 3.63) is 58.4 Å². The van der Waals surface area contributed by atoms with Gasteiger partial charge in [0.05, 0.1) is 23.2 Å². The first-order valence-corrected chi connectivity index (χ1v) is 13.2. The van der Waals surface area contributed by atoms with E-state index in [1.165, 1.54) is 30.6 Å². The van der Waals surface area contributed by atoms with E-state index in [1.54, 1.807) is 24.3 Å². The maximum Gasteiger partial charge on any atom is 0.260 e. The topological polar surface area (TPSA) is 103 Å². The summed E-state index contributed by atoms with van der Waals surface area (Å²) >= 11 is 3.00. The van der Waals surface area contributed by atoms with Gasteiger partial charge in [0.25, 0.3) is 5.56 Å². The molecule has 5 heterocycles. The molecule has 8 nitrogen and oxygen atoms in total. The molecule has 1 saturated carbocycles. The van der Waals surface area contributed by atoms with Crippen LogP contribution in [0.3, 0.4) is 0 Å². The van der Waals surface area contributed by atoms with E-state index in [4.69, 9.17) is 13.8 Å². The third-order valence-corrected chi connectivity index (χ3v) is 8.20. The minimum atomic E-state index is -0.162. The Hall–Kier alpha value is -3.11. The summed E-state index contributed by atoms with van der Waals surface area (Å²) in [7, 11) is 0. The van der Waals surface area contributed by atoms with Crippen LogP contribution in [0.1, 0.15) is 56.1 Å². The number of nitrogens with one attached hydrogen (secondary N) is 1. The molecule has 0 radical (unpaired) electrons. The van der Waals surface area contributed by atoms with E-state index in [0.717, 1.165) is 35.1 Å². The number of nitrogens with zero attached hydrogens (tertiary/aromatic N) is 4. The van der Waals surface area contributed by atoms with Crippen molar-refractivity contribution in [2.75, 3.05) is 0 Å². The van der Waals surface area contributed by atoms with Gasteiger partial charge in [-0.2, -0.15) is 0 Å². The summed E-state index contributed by atoms with van der Waals surface area (Å²) in [6.07, 6.45) is 9.11. The summed E-state index contributed by atoms with van der Waals surface area (Å²) in [5, 5.41) is 12.2. The van der Waals surface area contributed by atoms with E-state index in [1.807, 2.05) is 36.6 Å². The van der Waals surface area contributed by atoms with Crippen LogP contribution in [0.4, 0.5) is 0 Å². The molecule has 1 fully saturated rings. The molecule has 174 valence electrons. The standard InChI is InChI=1S/C24H23N5O3S2/c1-14(20-25-22(30)19-16(13-33-23(19)26-20)17-9-5-11-31-17)34-24-28-27-21(18-10-6-12-32-18)29(24)15-7-3-2-4-8-15/h5-6,9-15H,2-4,7-8H2,1H3,(H,25,26,30). The lowest BCUT2D eigenvalue weighted by Crippen LogP contribution is -2.16. The molecule has 1 unspecified atom stereocenters. The van der Waals surface area contributed by atoms with E-state index in [-0.39, 0.29) is 10.8 Å². The number of fused-ring (bicyclic) bond motifs is 1. The highest BCUT2D eigenvalue weighted by atomic mass is 32.2. The van der Waals surface area contributed by atoms with Gasteiger partial charge in [-0.3, -0.25) is 9.36 Å². The summed E-state index contributed by atoms with van der Waals surface area (Å²) in [4.78, 5) is 21.5. The highest BCUT2D eigenvalue weighted by molar-refractivity contribution is 7.99. The van der Waals surface area contributed by atoms with Crippen molar-refractivity contribution in [3.8, 4) is 22.9 Å². The normalized spacial score (nSPS) is 15.8. The van der Waals surface area contributed by atoms with Crippen LogP contribution < -0.4 is 5.56 Å². The van der Waals surface area contributed by atoms with Gasteiger partial charge >= 0.3 is 0 Å². The number of thioether (sulfide) groups is 1. The molecule has 5 aromatic heterocycles. The van der Waals surface area contributed by atoms with Crippen LogP contribution in [-0.2, 0) is 0 Å². The van der Waals surface area contributed by atoms with E-state index in [9.17, 15) is 4.79 Å². The number of aromatic amines is 1. The van der Waals surface area contributed by atoms with Crippen molar-refractivity contribution >= 4 is 33.3 Å². The van der Waals surface area contributed by atoms with Gasteiger partial charge in [-0.1, -0.05) is 31.0 Å². The average molecular weight is 494 g/mol. The van der Waals surface area contributed by atoms with E-state index in [0.29, 0.717) is 27.8 Å². The third kappa shape index (κ3) is 3.80. The van der Waals surface area contributed by atoms with Crippen LogP contribution >= 0.6 is 23.1 Å². The molecule has 0 spiro atoms. The Kier molecular flexibility index (Phi) is 5.62. The summed E-state index contributed by atoms with van der Waals surface area (Å²) < 4.78 is 13.4. The van der Waals surface area contributed by atoms with Crippen molar-refractivity contribution in [2.24, 2.45) is 0 Å². The van der Waals surface area contributed by atoms with Crippen LogP contribution in [-0.4, -0.2) is 24.7 Å². The molecule has 6 rings (SSSR count). The highest BCUT2D eigenvalue weighted by Crippen LogP contribution is 2.40. The van der Waals surface area contributed by atoms with E-state index >= 15 is 0 Å². The second kappa shape index (κ2) is 8.92. The Labute approximate surface area is 203 Å². The van der Waals surface area contributed by atoms with Crippen LogP contribution in [0.25, 0.3) is 33.1 Å². The minimum absolute atomic E-state index is 0.123. The molecule has 0 aromatic carbocycles. The summed E-state index contributed by atoms with van der Waals surface area (Å²) in [5.41, 5.74) is 0.607. The molecular formula is C24H23N5O3S2. The highest BCUT2D eigenvalue weighted by Gasteiger charge is 2.27. The lowest BCUT2D eigenvalue weighted by molar-refractivity contribution is 0.337. The zero-order valence-electron chi connectivity index (χ0n) is 18.6. The summed E-state index contributed by atoms with van der Waals surface area (Å²) in [5.74, 6) is 2.76. The maximum atomic E-state index is 13.0. The first kappa shape index (κ1) is 21.4. The monoisotopic (exact) mass is 493 g/mol. The molecule has 1 atom stereocenters. The fourth-order valence-corrected chi connectivity index (χ4v) is 6.50. The summed E-state index contributed by atoms with van der Waals surface area (Å²) in [6.45, 7) is 2.03. The van der Waals surface area contributed by atoms with Crippen LogP contribution in [0, 0.1) is 0 Å². The van der Waals surface area contributed by atoms with Crippen molar-refractivity contribution in [3.63, 3.8) is 0 Å². The third-order valence-electron chi connectivity index (χ3n) is 6.26. The number of furan rings is 2. The molecule has 1 N–H and O–H groups in total. The molecule has 0 aliphatic heterocycles.